The van der Waals surface area contributed by atoms with Crippen LogP contribution in [0.25, 0.3) is 0 Å². The van der Waals surface area contributed by atoms with E-state index in [0.29, 0.717) is 17.2 Å². The number of hydrogen-bond donors (Lipinski definition) is 3. The van der Waals surface area contributed by atoms with Gasteiger partial charge in [-0.3, -0.25) is 19.7 Å². The van der Waals surface area contributed by atoms with Crippen LogP contribution in [0.15, 0.2) is 78.9 Å². The van der Waals surface area contributed by atoms with Gasteiger partial charge in [-0.15, -0.1) is 0 Å². The van der Waals surface area contributed by atoms with E-state index >= 15 is 0 Å². The van der Waals surface area contributed by atoms with Gasteiger partial charge in [0.25, 0.3) is 17.7 Å². The molecule has 0 aliphatic rings. The second-order valence-electron chi connectivity index (χ2n) is 7.93. The number of hydrogen-bond acceptors (Lipinski definition) is 8. The van der Waals surface area contributed by atoms with Crippen molar-refractivity contribution in [3.05, 3.63) is 95.6 Å². The molecule has 11 nitrogen and oxygen atoms in total. The number of anilines is 3. The van der Waals surface area contributed by atoms with Crippen molar-refractivity contribution < 1.29 is 28.6 Å². The minimum atomic E-state index is -0.553. The van der Waals surface area contributed by atoms with E-state index in [2.05, 4.69) is 25.9 Å². The molecule has 11 heteroatoms. The summed E-state index contributed by atoms with van der Waals surface area (Å²) in [6.07, 6.45) is 0. The zero-order valence-corrected chi connectivity index (χ0v) is 21.3. The Morgan fingerprint density at radius 3 is 1.23 bits per heavy atom. The Hall–Kier alpha value is -5.45. The number of carbonyl (C=O) groups is 3. The van der Waals surface area contributed by atoms with Crippen LogP contribution in [0.1, 0.15) is 31.1 Å². The van der Waals surface area contributed by atoms with Gasteiger partial charge >= 0.3 is 0 Å². The highest BCUT2D eigenvalue weighted by Crippen LogP contribution is 2.24. The van der Waals surface area contributed by atoms with Crippen molar-refractivity contribution in [2.24, 2.45) is 0 Å². The van der Waals surface area contributed by atoms with Crippen LogP contribution in [0.4, 0.5) is 17.6 Å². The third-order valence-corrected chi connectivity index (χ3v) is 5.49. The van der Waals surface area contributed by atoms with Crippen molar-refractivity contribution in [1.82, 2.24) is 9.97 Å². The van der Waals surface area contributed by atoms with Gasteiger partial charge in [0.05, 0.1) is 38.0 Å². The SMILES string of the molecule is COc1ccccc1C(=O)Nc1cc(NC(=O)c2ccccc2OC)nc(NC(=O)c2ccccc2OC)n1. The smallest absolute Gasteiger partial charge is 0.261 e. The lowest BCUT2D eigenvalue weighted by Gasteiger charge is -2.13. The monoisotopic (exact) mass is 527 g/mol. The van der Waals surface area contributed by atoms with Gasteiger partial charge in [-0.25, -0.2) is 0 Å². The predicted octanol–water partition coefficient (Wildman–Crippen LogP) is 4.26. The first kappa shape index (κ1) is 26.6. The van der Waals surface area contributed by atoms with Crippen molar-refractivity contribution in [1.29, 1.82) is 0 Å². The Bertz CT molecular complexity index is 1330. The standard InChI is InChI=1S/C28H25N5O6/c1-37-20-13-7-4-10-17(20)25(34)29-23-16-24(30-26(35)18-11-5-8-14-21(18)38-2)32-28(31-23)33-27(36)19-12-6-9-15-22(19)39-3/h4-16H,1-3H3,(H3,29,30,31,32,33,34,35,36). The second kappa shape index (κ2) is 12.2. The highest BCUT2D eigenvalue weighted by molar-refractivity contribution is 6.08. The van der Waals surface area contributed by atoms with Crippen LogP contribution in [-0.4, -0.2) is 49.0 Å². The second-order valence-corrected chi connectivity index (χ2v) is 7.93. The van der Waals surface area contributed by atoms with Gasteiger partial charge in [0.15, 0.2) is 0 Å². The number of nitrogens with zero attached hydrogens (tertiary/aromatic N) is 2. The summed E-state index contributed by atoms with van der Waals surface area (Å²) in [6, 6.07) is 21.3. The minimum Gasteiger partial charge on any atom is -0.496 e. The number of aromatic nitrogens is 2. The van der Waals surface area contributed by atoms with Crippen LogP contribution >= 0.6 is 0 Å². The molecule has 0 saturated heterocycles. The highest BCUT2D eigenvalue weighted by atomic mass is 16.5. The summed E-state index contributed by atoms with van der Waals surface area (Å²) in [5, 5.41) is 7.92. The van der Waals surface area contributed by atoms with E-state index in [4.69, 9.17) is 14.2 Å². The van der Waals surface area contributed by atoms with E-state index in [-0.39, 0.29) is 34.3 Å². The summed E-state index contributed by atoms with van der Waals surface area (Å²) < 4.78 is 15.8. The normalized spacial score (nSPS) is 10.2. The molecule has 4 aromatic rings. The maximum Gasteiger partial charge on any atom is 0.261 e. The summed E-state index contributed by atoms with van der Waals surface area (Å²) in [5.74, 6) is -0.651. The van der Waals surface area contributed by atoms with Gasteiger partial charge in [-0.2, -0.15) is 9.97 Å². The van der Waals surface area contributed by atoms with Crippen molar-refractivity contribution in [2.45, 2.75) is 0 Å². The molecule has 0 aliphatic carbocycles. The molecule has 3 amide bonds. The molecule has 0 radical (unpaired) electrons. The Morgan fingerprint density at radius 2 is 0.872 bits per heavy atom. The number of carbonyl (C=O) groups excluding carboxylic acids is 3. The average molecular weight is 528 g/mol. The van der Waals surface area contributed by atoms with Crippen LogP contribution < -0.4 is 30.2 Å². The van der Waals surface area contributed by atoms with E-state index in [1.807, 2.05) is 0 Å². The molecular weight excluding hydrogens is 502 g/mol. The van der Waals surface area contributed by atoms with E-state index in [1.165, 1.54) is 27.4 Å². The third kappa shape index (κ3) is 6.28. The zero-order chi connectivity index (χ0) is 27.8. The van der Waals surface area contributed by atoms with Crippen molar-refractivity contribution in [2.75, 3.05) is 37.3 Å². The first-order chi connectivity index (χ1) is 18.9. The molecule has 0 fully saturated rings. The molecule has 3 N–H and O–H groups in total. The number of ether oxygens (including phenoxy) is 3. The number of rotatable bonds is 9. The Labute approximate surface area is 224 Å². The zero-order valence-electron chi connectivity index (χ0n) is 21.3. The molecule has 0 spiro atoms. The van der Waals surface area contributed by atoms with Gasteiger partial charge in [0.1, 0.15) is 28.9 Å². The molecule has 0 atom stereocenters. The van der Waals surface area contributed by atoms with Crippen LogP contribution in [0.3, 0.4) is 0 Å². The molecule has 0 unspecified atom stereocenters. The summed E-state index contributed by atoms with van der Waals surface area (Å²) in [6.45, 7) is 0. The molecule has 0 saturated carbocycles. The minimum absolute atomic E-state index is 0.0200. The number of methoxy groups -OCH3 is 3. The fourth-order valence-corrected chi connectivity index (χ4v) is 3.66. The molecule has 0 aliphatic heterocycles. The molecule has 1 aromatic heterocycles. The van der Waals surface area contributed by atoms with E-state index in [1.54, 1.807) is 72.8 Å². The molecule has 198 valence electrons. The number of benzene rings is 3. The van der Waals surface area contributed by atoms with Crippen molar-refractivity contribution in [3.63, 3.8) is 0 Å². The summed E-state index contributed by atoms with van der Waals surface area (Å²) >= 11 is 0. The topological polar surface area (TPSA) is 141 Å². The van der Waals surface area contributed by atoms with E-state index < -0.39 is 17.7 Å². The lowest BCUT2D eigenvalue weighted by atomic mass is 10.2. The van der Waals surface area contributed by atoms with Gasteiger partial charge < -0.3 is 24.8 Å². The number of para-hydroxylation sites is 3. The predicted molar refractivity (Wildman–Crippen MR) is 145 cm³/mol. The molecule has 4 rings (SSSR count). The van der Waals surface area contributed by atoms with Gasteiger partial charge in [0.2, 0.25) is 5.95 Å². The number of amides is 3. The van der Waals surface area contributed by atoms with Crippen LogP contribution in [0.5, 0.6) is 17.2 Å². The average Bonchev–Trinajstić information content (AvgIpc) is 2.96. The lowest BCUT2D eigenvalue weighted by Crippen LogP contribution is -2.20. The maximum atomic E-state index is 13.0. The van der Waals surface area contributed by atoms with Crippen LogP contribution in [0.2, 0.25) is 0 Å². The Morgan fingerprint density at radius 1 is 0.538 bits per heavy atom. The van der Waals surface area contributed by atoms with Gasteiger partial charge in [0, 0.05) is 6.07 Å². The van der Waals surface area contributed by atoms with Crippen molar-refractivity contribution >= 4 is 35.3 Å². The fourth-order valence-electron chi connectivity index (χ4n) is 3.66. The molecular formula is C28H25N5O6. The van der Waals surface area contributed by atoms with Gasteiger partial charge in [-0.1, -0.05) is 36.4 Å². The lowest BCUT2D eigenvalue weighted by molar-refractivity contribution is 0.101. The Balaban J connectivity index is 1.67. The van der Waals surface area contributed by atoms with E-state index in [0.717, 1.165) is 0 Å². The fraction of sp³-hybridized carbons (Fsp3) is 0.107. The molecule has 39 heavy (non-hydrogen) atoms. The Kier molecular flexibility index (Phi) is 8.32. The van der Waals surface area contributed by atoms with Crippen molar-refractivity contribution in [3.8, 4) is 17.2 Å². The third-order valence-electron chi connectivity index (χ3n) is 5.49. The number of nitrogens with one attached hydrogen (secondary N) is 3. The molecule has 3 aromatic carbocycles. The quantitative estimate of drug-likeness (QED) is 0.293. The molecule has 0 bridgehead atoms. The van der Waals surface area contributed by atoms with E-state index in [9.17, 15) is 14.4 Å². The van der Waals surface area contributed by atoms with Crippen LogP contribution in [-0.2, 0) is 0 Å². The molecule has 1 heterocycles. The highest BCUT2D eigenvalue weighted by Gasteiger charge is 2.19. The summed E-state index contributed by atoms with van der Waals surface area (Å²) in [4.78, 5) is 47.5. The van der Waals surface area contributed by atoms with Crippen LogP contribution in [0, 0.1) is 0 Å². The van der Waals surface area contributed by atoms with Gasteiger partial charge in [-0.05, 0) is 36.4 Å². The summed E-state index contributed by atoms with van der Waals surface area (Å²) in [5.41, 5.74) is 0.766. The summed E-state index contributed by atoms with van der Waals surface area (Å²) in [7, 11) is 4.35. The first-order valence-corrected chi connectivity index (χ1v) is 11.7. The maximum absolute atomic E-state index is 13.0. The first-order valence-electron chi connectivity index (χ1n) is 11.7. The largest absolute Gasteiger partial charge is 0.496 e.